The van der Waals surface area contributed by atoms with Gasteiger partial charge in [0.1, 0.15) is 17.1 Å². The summed E-state index contributed by atoms with van der Waals surface area (Å²) in [4.78, 5) is 50.4. The zero-order valence-electron chi connectivity index (χ0n) is 22.0. The molecule has 1 aromatic heterocycles. The normalized spacial score (nSPS) is 11.6. The number of carbonyl (C=O) groups excluding carboxylic acids is 4. The molecule has 196 valence electrons. The molecule has 0 radical (unpaired) electrons. The first-order valence-electron chi connectivity index (χ1n) is 12.2. The highest BCUT2D eigenvalue weighted by Gasteiger charge is 2.25. The summed E-state index contributed by atoms with van der Waals surface area (Å²) in [6, 6.07) is 11.5. The Morgan fingerprint density at radius 3 is 2.19 bits per heavy atom. The largest absolute Gasteiger partial charge is 0.460 e. The van der Waals surface area contributed by atoms with E-state index in [9.17, 15) is 19.2 Å². The minimum absolute atomic E-state index is 0.0135. The molecule has 0 saturated carbocycles. The van der Waals surface area contributed by atoms with E-state index in [0.29, 0.717) is 32.7 Å². The van der Waals surface area contributed by atoms with Gasteiger partial charge >= 0.3 is 11.9 Å². The van der Waals surface area contributed by atoms with Gasteiger partial charge in [-0.15, -0.1) is 0 Å². The Morgan fingerprint density at radius 1 is 0.946 bits per heavy atom. The average molecular weight is 526 g/mol. The number of ketones is 1. The van der Waals surface area contributed by atoms with Crippen LogP contribution in [0, 0.1) is 12.8 Å². The lowest BCUT2D eigenvalue weighted by Crippen LogP contribution is -2.25. The topological polar surface area (TPSA) is 91.7 Å². The van der Waals surface area contributed by atoms with Gasteiger partial charge in [0, 0.05) is 34.0 Å². The van der Waals surface area contributed by atoms with E-state index in [0.717, 1.165) is 0 Å². The first-order valence-corrected chi connectivity index (χ1v) is 12.5. The molecule has 0 saturated heterocycles. The summed E-state index contributed by atoms with van der Waals surface area (Å²) >= 11 is 5.99. The molecule has 2 aromatic carbocycles. The monoisotopic (exact) mass is 525 g/mol. The fourth-order valence-electron chi connectivity index (χ4n) is 3.95. The molecule has 0 aliphatic heterocycles. The van der Waals surface area contributed by atoms with Gasteiger partial charge in [-0.1, -0.05) is 25.4 Å². The summed E-state index contributed by atoms with van der Waals surface area (Å²) in [5.41, 5.74) is 1.49. The smallest absolute Gasteiger partial charge is 0.311 e. The van der Waals surface area contributed by atoms with Crippen molar-refractivity contribution in [1.82, 2.24) is 4.57 Å². The van der Waals surface area contributed by atoms with E-state index < -0.39 is 17.5 Å². The van der Waals surface area contributed by atoms with Crippen molar-refractivity contribution < 1.29 is 28.7 Å². The Kier molecular flexibility index (Phi) is 8.59. The third-order valence-electron chi connectivity index (χ3n) is 5.79. The fourth-order valence-corrected chi connectivity index (χ4v) is 4.08. The van der Waals surface area contributed by atoms with Gasteiger partial charge in [0.2, 0.25) is 0 Å². The molecule has 0 atom stereocenters. The van der Waals surface area contributed by atoms with Crippen molar-refractivity contribution in [2.24, 2.45) is 5.92 Å². The minimum Gasteiger partial charge on any atom is -0.460 e. The van der Waals surface area contributed by atoms with Crippen LogP contribution < -0.4 is 4.74 Å². The van der Waals surface area contributed by atoms with Gasteiger partial charge in [0.05, 0.1) is 18.4 Å². The van der Waals surface area contributed by atoms with Gasteiger partial charge in [0.25, 0.3) is 5.91 Å². The van der Waals surface area contributed by atoms with Crippen molar-refractivity contribution in [2.75, 3.05) is 0 Å². The van der Waals surface area contributed by atoms with E-state index >= 15 is 0 Å². The second-order valence-corrected chi connectivity index (χ2v) is 10.7. The summed E-state index contributed by atoms with van der Waals surface area (Å²) < 4.78 is 12.5. The summed E-state index contributed by atoms with van der Waals surface area (Å²) in [7, 11) is 0. The molecular weight excluding hydrogens is 494 g/mol. The number of ether oxygens (including phenoxy) is 2. The van der Waals surface area contributed by atoms with E-state index in [2.05, 4.69) is 0 Å². The van der Waals surface area contributed by atoms with Crippen LogP contribution in [0.4, 0.5) is 0 Å². The molecule has 0 fully saturated rings. The second kappa shape index (κ2) is 11.3. The van der Waals surface area contributed by atoms with Gasteiger partial charge in [0.15, 0.2) is 0 Å². The lowest BCUT2D eigenvalue weighted by Gasteiger charge is -2.19. The van der Waals surface area contributed by atoms with Crippen LogP contribution in [-0.2, 0) is 25.5 Å². The molecule has 7 nitrogen and oxygen atoms in total. The fraction of sp³-hybridized carbons (Fsp3) is 0.379. The number of benzene rings is 2. The van der Waals surface area contributed by atoms with Crippen LogP contribution in [-0.4, -0.2) is 33.8 Å². The van der Waals surface area contributed by atoms with E-state index in [4.69, 9.17) is 21.1 Å². The maximum absolute atomic E-state index is 13.5. The number of carbonyl (C=O) groups is 4. The highest BCUT2D eigenvalue weighted by atomic mass is 35.5. The molecule has 37 heavy (non-hydrogen) atoms. The van der Waals surface area contributed by atoms with E-state index in [1.54, 1.807) is 84.0 Å². The predicted molar refractivity (Wildman–Crippen MR) is 142 cm³/mol. The molecule has 8 heteroatoms. The SMILES string of the molecule is Cc1c(CC(=O)OC(C)(C)C)c2cc(OC(=O)CCC(=O)C(C)C)ccc2n1C(=O)c1ccc(Cl)cc1. The van der Waals surface area contributed by atoms with E-state index in [1.165, 1.54) is 4.57 Å². The molecule has 0 bridgehead atoms. The van der Waals surface area contributed by atoms with Crippen molar-refractivity contribution in [3.8, 4) is 5.75 Å². The highest BCUT2D eigenvalue weighted by Crippen LogP contribution is 2.31. The molecule has 0 aliphatic rings. The molecule has 3 aromatic rings. The Morgan fingerprint density at radius 2 is 1.59 bits per heavy atom. The number of hydrogen-bond donors (Lipinski definition) is 0. The van der Waals surface area contributed by atoms with Crippen molar-refractivity contribution >= 4 is 46.1 Å². The predicted octanol–water partition coefficient (Wildman–Crippen LogP) is 6.09. The maximum atomic E-state index is 13.5. The Labute approximate surface area is 221 Å². The lowest BCUT2D eigenvalue weighted by atomic mass is 10.0. The molecule has 0 spiro atoms. The number of esters is 2. The Balaban J connectivity index is 2.01. The number of aromatic nitrogens is 1. The van der Waals surface area contributed by atoms with Gasteiger partial charge < -0.3 is 9.47 Å². The van der Waals surface area contributed by atoms with Crippen LogP contribution in [0.5, 0.6) is 5.75 Å². The first kappa shape index (κ1) is 28.1. The van der Waals surface area contributed by atoms with Gasteiger partial charge in [-0.2, -0.15) is 0 Å². The molecule has 0 amide bonds. The van der Waals surface area contributed by atoms with E-state index in [1.807, 2.05) is 0 Å². The third kappa shape index (κ3) is 7.07. The zero-order valence-corrected chi connectivity index (χ0v) is 22.8. The van der Waals surface area contributed by atoms with Crippen LogP contribution in [0.1, 0.15) is 69.1 Å². The first-order chi connectivity index (χ1) is 17.3. The van der Waals surface area contributed by atoms with Crippen LogP contribution in [0.25, 0.3) is 10.9 Å². The summed E-state index contributed by atoms with van der Waals surface area (Å²) in [6.45, 7) is 10.7. The maximum Gasteiger partial charge on any atom is 0.311 e. The second-order valence-electron chi connectivity index (χ2n) is 10.2. The Hall–Kier alpha value is -3.45. The van der Waals surface area contributed by atoms with Crippen molar-refractivity contribution in [1.29, 1.82) is 0 Å². The molecular formula is C29H32ClNO6. The van der Waals surface area contributed by atoms with Crippen LogP contribution in [0.3, 0.4) is 0 Å². The van der Waals surface area contributed by atoms with Gasteiger partial charge in [-0.3, -0.25) is 23.7 Å². The third-order valence-corrected chi connectivity index (χ3v) is 6.04. The number of fused-ring (bicyclic) bond motifs is 1. The molecule has 3 rings (SSSR count). The number of hydrogen-bond acceptors (Lipinski definition) is 6. The summed E-state index contributed by atoms with van der Waals surface area (Å²) in [6.07, 6.45) is 0.00339. The molecule has 1 heterocycles. The summed E-state index contributed by atoms with van der Waals surface area (Å²) in [5.74, 6) is -1.16. The van der Waals surface area contributed by atoms with Crippen molar-refractivity contribution in [3.05, 3.63) is 64.3 Å². The van der Waals surface area contributed by atoms with Crippen LogP contribution in [0.15, 0.2) is 42.5 Å². The van der Waals surface area contributed by atoms with Crippen molar-refractivity contribution in [2.45, 2.75) is 66.4 Å². The quantitative estimate of drug-likeness (QED) is 0.261. The molecule has 0 aliphatic carbocycles. The number of Topliss-reactive ketones (excluding diaryl/α,β-unsaturated/α-hetero) is 1. The molecule has 0 unspecified atom stereocenters. The van der Waals surface area contributed by atoms with Gasteiger partial charge in [-0.05, 0) is 75.7 Å². The minimum atomic E-state index is -0.670. The van der Waals surface area contributed by atoms with Gasteiger partial charge in [-0.25, -0.2) is 0 Å². The van der Waals surface area contributed by atoms with E-state index in [-0.39, 0.29) is 42.6 Å². The summed E-state index contributed by atoms with van der Waals surface area (Å²) in [5, 5.41) is 1.10. The standard InChI is InChI=1S/C29H32ClNO6/c1-17(2)25(32)13-14-26(33)36-21-11-12-24-23(15-21)22(16-27(34)37-29(4,5)6)18(3)31(24)28(35)19-7-9-20(30)10-8-19/h7-12,15,17H,13-14,16H2,1-6H3. The van der Waals surface area contributed by atoms with Crippen LogP contribution >= 0.6 is 11.6 Å². The number of rotatable bonds is 8. The Bertz CT molecular complexity index is 1350. The number of nitrogens with zero attached hydrogens (tertiary/aromatic N) is 1. The lowest BCUT2D eigenvalue weighted by molar-refractivity contribution is -0.154. The van der Waals surface area contributed by atoms with Crippen molar-refractivity contribution in [3.63, 3.8) is 0 Å². The zero-order chi connectivity index (χ0) is 27.5. The highest BCUT2D eigenvalue weighted by molar-refractivity contribution is 6.30. The average Bonchev–Trinajstić information content (AvgIpc) is 3.06. The van der Waals surface area contributed by atoms with Crippen LogP contribution in [0.2, 0.25) is 5.02 Å². The number of halogens is 1. The molecule has 0 N–H and O–H groups in total.